The van der Waals surface area contributed by atoms with Gasteiger partial charge in [-0.2, -0.15) is 0 Å². The highest BCUT2D eigenvalue weighted by molar-refractivity contribution is 5.74. The van der Waals surface area contributed by atoms with Crippen LogP contribution in [0.2, 0.25) is 0 Å². The fraction of sp³-hybridized carbons (Fsp3) is 0.583. The van der Waals surface area contributed by atoms with Crippen molar-refractivity contribution < 1.29 is 23.6 Å². The van der Waals surface area contributed by atoms with Crippen molar-refractivity contribution >= 4 is 12.4 Å². The molecule has 106 valence electrons. The molecule has 0 saturated carbocycles. The second-order valence-electron chi connectivity index (χ2n) is 4.94. The van der Waals surface area contributed by atoms with Crippen LogP contribution in [0.15, 0.2) is 10.6 Å². The Hall–Kier alpha value is -2.05. The number of methoxy groups -OCH3 is 1. The topological polar surface area (TPSA) is 81.9 Å². The summed E-state index contributed by atoms with van der Waals surface area (Å²) in [4.78, 5) is 24.1. The summed E-state index contributed by atoms with van der Waals surface area (Å²) in [6.45, 7) is 5.23. The lowest BCUT2D eigenvalue weighted by atomic mass is 10.2. The van der Waals surface area contributed by atoms with Gasteiger partial charge in [-0.25, -0.2) is 4.79 Å². The third kappa shape index (κ3) is 3.97. The SMILES string of the molecule is COc1cc(C(C=O)N(C)C(=O)OC(C)(C)C)on1. The number of carbonyl (C=O) groups is 2. The van der Waals surface area contributed by atoms with Crippen molar-refractivity contribution in [2.24, 2.45) is 0 Å². The van der Waals surface area contributed by atoms with Gasteiger partial charge < -0.3 is 18.8 Å². The van der Waals surface area contributed by atoms with Crippen molar-refractivity contribution in [1.29, 1.82) is 0 Å². The Labute approximate surface area is 111 Å². The largest absolute Gasteiger partial charge is 0.479 e. The van der Waals surface area contributed by atoms with Crippen molar-refractivity contribution in [2.75, 3.05) is 14.2 Å². The van der Waals surface area contributed by atoms with E-state index in [9.17, 15) is 9.59 Å². The average Bonchev–Trinajstić information content (AvgIpc) is 2.76. The van der Waals surface area contributed by atoms with Crippen molar-refractivity contribution in [2.45, 2.75) is 32.4 Å². The molecule has 0 aliphatic carbocycles. The Morgan fingerprint density at radius 2 is 2.16 bits per heavy atom. The zero-order valence-electron chi connectivity index (χ0n) is 11.7. The quantitative estimate of drug-likeness (QED) is 0.776. The molecule has 1 unspecified atom stereocenters. The van der Waals surface area contributed by atoms with Crippen LogP contribution in [0.1, 0.15) is 32.6 Å². The third-order valence-corrected chi connectivity index (χ3v) is 2.24. The molecule has 7 nitrogen and oxygen atoms in total. The van der Waals surface area contributed by atoms with E-state index in [1.54, 1.807) is 20.8 Å². The molecule has 0 aliphatic rings. The second-order valence-corrected chi connectivity index (χ2v) is 4.94. The lowest BCUT2D eigenvalue weighted by Crippen LogP contribution is -2.37. The summed E-state index contributed by atoms with van der Waals surface area (Å²) in [5.41, 5.74) is -0.641. The standard InChI is InChI=1S/C12H18N2O5/c1-12(2,3)18-11(16)14(4)8(7-15)9-6-10(17-5)13-19-9/h6-8H,1-5H3. The van der Waals surface area contributed by atoms with Crippen LogP contribution in [0.3, 0.4) is 0 Å². The normalized spacial score (nSPS) is 12.7. The summed E-state index contributed by atoms with van der Waals surface area (Å²) in [5.74, 6) is 0.444. The fourth-order valence-corrected chi connectivity index (χ4v) is 1.30. The minimum Gasteiger partial charge on any atom is -0.479 e. The highest BCUT2D eigenvalue weighted by Gasteiger charge is 2.29. The molecular formula is C12H18N2O5. The Balaban J connectivity index is 2.84. The number of aldehydes is 1. The van der Waals surface area contributed by atoms with Crippen molar-refractivity contribution in [3.63, 3.8) is 0 Å². The third-order valence-electron chi connectivity index (χ3n) is 2.24. The smallest absolute Gasteiger partial charge is 0.411 e. The van der Waals surface area contributed by atoms with Gasteiger partial charge in [0, 0.05) is 13.1 Å². The zero-order chi connectivity index (χ0) is 14.6. The van der Waals surface area contributed by atoms with E-state index in [1.807, 2.05) is 0 Å². The molecule has 0 radical (unpaired) electrons. The van der Waals surface area contributed by atoms with E-state index >= 15 is 0 Å². The maximum atomic E-state index is 11.9. The first kappa shape index (κ1) is 15.0. The van der Waals surface area contributed by atoms with Crippen LogP contribution < -0.4 is 4.74 Å². The molecule has 1 aromatic heterocycles. The van der Waals surface area contributed by atoms with Gasteiger partial charge in [0.15, 0.2) is 18.1 Å². The molecule has 1 amide bonds. The van der Waals surface area contributed by atoms with Crippen molar-refractivity contribution in [3.05, 3.63) is 11.8 Å². The number of ether oxygens (including phenoxy) is 2. The van der Waals surface area contributed by atoms with E-state index in [4.69, 9.17) is 14.0 Å². The number of nitrogens with zero attached hydrogens (tertiary/aromatic N) is 2. The van der Waals surface area contributed by atoms with Crippen LogP contribution in [0.5, 0.6) is 5.88 Å². The molecule has 1 heterocycles. The van der Waals surface area contributed by atoms with E-state index in [0.29, 0.717) is 6.29 Å². The summed E-state index contributed by atoms with van der Waals surface area (Å²) in [6.07, 6.45) is -0.0517. The molecule has 0 spiro atoms. The van der Waals surface area contributed by atoms with Crippen molar-refractivity contribution in [1.82, 2.24) is 10.1 Å². The Bertz CT molecular complexity index is 449. The van der Waals surface area contributed by atoms with Crippen molar-refractivity contribution in [3.8, 4) is 5.88 Å². The minimum atomic E-state index is -0.911. The van der Waals surface area contributed by atoms with Crippen LogP contribution in [0.4, 0.5) is 4.79 Å². The molecule has 1 atom stereocenters. The molecule has 0 N–H and O–H groups in total. The predicted molar refractivity (Wildman–Crippen MR) is 65.9 cm³/mol. The van der Waals surface area contributed by atoms with Gasteiger partial charge in [-0.3, -0.25) is 4.90 Å². The first-order valence-corrected chi connectivity index (χ1v) is 5.70. The van der Waals surface area contributed by atoms with E-state index in [1.165, 1.54) is 20.2 Å². The molecule has 7 heteroatoms. The van der Waals surface area contributed by atoms with E-state index in [0.717, 1.165) is 4.90 Å². The number of amides is 1. The highest BCUT2D eigenvalue weighted by atomic mass is 16.6. The number of likely N-dealkylation sites (N-methyl/N-ethyl adjacent to an activating group) is 1. The van der Waals surface area contributed by atoms with E-state index in [2.05, 4.69) is 5.16 Å². The molecular weight excluding hydrogens is 252 g/mol. The molecule has 0 aliphatic heterocycles. The molecule has 0 aromatic carbocycles. The second kappa shape index (κ2) is 5.73. The monoisotopic (exact) mass is 270 g/mol. The van der Waals surface area contributed by atoms with Gasteiger partial charge in [-0.15, -0.1) is 0 Å². The number of hydrogen-bond acceptors (Lipinski definition) is 6. The summed E-state index contributed by atoms with van der Waals surface area (Å²) >= 11 is 0. The minimum absolute atomic E-state index is 0.209. The molecule has 0 saturated heterocycles. The molecule has 0 bridgehead atoms. The lowest BCUT2D eigenvalue weighted by molar-refractivity contribution is -0.112. The number of carbonyl (C=O) groups excluding carboxylic acids is 2. The van der Waals surface area contributed by atoms with Gasteiger partial charge in [0.25, 0.3) is 5.88 Å². The molecule has 1 aromatic rings. The van der Waals surface area contributed by atoms with E-state index < -0.39 is 17.7 Å². The number of rotatable bonds is 4. The van der Waals surface area contributed by atoms with Crippen LogP contribution in [-0.4, -0.2) is 42.2 Å². The molecule has 19 heavy (non-hydrogen) atoms. The molecule has 0 fully saturated rings. The van der Waals surface area contributed by atoms with E-state index in [-0.39, 0.29) is 11.6 Å². The number of aromatic nitrogens is 1. The maximum absolute atomic E-state index is 11.9. The maximum Gasteiger partial charge on any atom is 0.411 e. The Morgan fingerprint density at radius 1 is 1.53 bits per heavy atom. The summed E-state index contributed by atoms with van der Waals surface area (Å²) < 4.78 is 15.0. The lowest BCUT2D eigenvalue weighted by Gasteiger charge is -2.26. The zero-order valence-corrected chi connectivity index (χ0v) is 11.7. The van der Waals surface area contributed by atoms with Gasteiger partial charge in [0.05, 0.1) is 7.11 Å². The summed E-state index contributed by atoms with van der Waals surface area (Å²) in [5, 5.41) is 3.58. The first-order chi connectivity index (χ1) is 8.78. The predicted octanol–water partition coefficient (Wildman–Crippen LogP) is 1.79. The van der Waals surface area contributed by atoms with Gasteiger partial charge in [0.1, 0.15) is 5.60 Å². The summed E-state index contributed by atoms with van der Waals surface area (Å²) in [7, 11) is 2.87. The Morgan fingerprint density at radius 3 is 2.58 bits per heavy atom. The van der Waals surface area contributed by atoms with Gasteiger partial charge in [-0.05, 0) is 25.9 Å². The number of hydrogen-bond donors (Lipinski definition) is 0. The first-order valence-electron chi connectivity index (χ1n) is 5.70. The van der Waals surface area contributed by atoms with Gasteiger partial charge in [0.2, 0.25) is 0 Å². The van der Waals surface area contributed by atoms with Crippen LogP contribution in [-0.2, 0) is 9.53 Å². The van der Waals surface area contributed by atoms with Gasteiger partial charge in [-0.1, -0.05) is 0 Å². The Kier molecular flexibility index (Phi) is 4.52. The van der Waals surface area contributed by atoms with Crippen LogP contribution >= 0.6 is 0 Å². The molecule has 1 rings (SSSR count). The van der Waals surface area contributed by atoms with Gasteiger partial charge >= 0.3 is 6.09 Å². The van der Waals surface area contributed by atoms with Crippen LogP contribution in [0, 0.1) is 0 Å². The summed E-state index contributed by atoms with van der Waals surface area (Å²) in [6, 6.07) is 0.534. The van der Waals surface area contributed by atoms with Crippen LogP contribution in [0.25, 0.3) is 0 Å². The fourth-order valence-electron chi connectivity index (χ4n) is 1.30. The average molecular weight is 270 g/mol. The highest BCUT2D eigenvalue weighted by Crippen LogP contribution is 2.23.